The lowest BCUT2D eigenvalue weighted by molar-refractivity contribution is -0.109. The first-order valence-electron chi connectivity index (χ1n) is 4.69. The van der Waals surface area contributed by atoms with E-state index in [1.165, 1.54) is 19.2 Å². The fraction of sp³-hybridized carbons (Fsp3) is 0.182. The van der Waals surface area contributed by atoms with Gasteiger partial charge in [0, 0.05) is 18.9 Å². The predicted octanol–water partition coefficient (Wildman–Crippen LogP) is 2.21. The van der Waals surface area contributed by atoms with Crippen LogP contribution in [0.25, 0.3) is 6.08 Å². The van der Waals surface area contributed by atoms with Gasteiger partial charge in [0.15, 0.2) is 5.12 Å². The number of aromatic carboxylic acids is 1. The molecular weight excluding hydrogens is 245 g/mol. The van der Waals surface area contributed by atoms with Gasteiger partial charge in [-0.05, 0) is 11.6 Å². The Morgan fingerprint density at radius 1 is 1.59 bits per heavy atom. The quantitative estimate of drug-likeness (QED) is 0.835. The number of hydrogen-bond acceptors (Lipinski definition) is 4. The molecule has 0 radical (unpaired) electrons. The van der Waals surface area contributed by atoms with Crippen molar-refractivity contribution in [2.45, 2.75) is 6.92 Å². The number of carboxylic acid groups (broad SMARTS) is 1. The molecule has 0 saturated heterocycles. The van der Waals surface area contributed by atoms with Crippen LogP contribution in [0.4, 0.5) is 4.39 Å². The van der Waals surface area contributed by atoms with Crippen molar-refractivity contribution < 1.29 is 19.1 Å². The van der Waals surface area contributed by atoms with Crippen molar-refractivity contribution in [3.63, 3.8) is 0 Å². The molecule has 6 heteroatoms. The van der Waals surface area contributed by atoms with E-state index in [9.17, 15) is 14.0 Å². The Morgan fingerprint density at radius 3 is 2.88 bits per heavy atom. The summed E-state index contributed by atoms with van der Waals surface area (Å²) in [5.41, 5.74) is 0.0133. The molecule has 1 heterocycles. The van der Waals surface area contributed by atoms with Gasteiger partial charge in [-0.2, -0.15) is 4.39 Å². The van der Waals surface area contributed by atoms with E-state index in [1.807, 2.05) is 0 Å². The molecule has 0 aliphatic rings. The zero-order chi connectivity index (χ0) is 12.8. The molecule has 1 N–H and O–H groups in total. The Labute approximate surface area is 102 Å². The summed E-state index contributed by atoms with van der Waals surface area (Å²) >= 11 is 1.13. The molecule has 90 valence electrons. The first kappa shape index (κ1) is 13.4. The number of nitrogens with zero attached hydrogens (tertiary/aromatic N) is 1. The molecule has 0 aromatic carbocycles. The molecule has 0 bridgehead atoms. The van der Waals surface area contributed by atoms with Gasteiger partial charge in [0.05, 0.1) is 0 Å². The first-order chi connectivity index (χ1) is 8.00. The van der Waals surface area contributed by atoms with Crippen molar-refractivity contribution in [1.29, 1.82) is 0 Å². The van der Waals surface area contributed by atoms with Gasteiger partial charge in [-0.15, -0.1) is 0 Å². The molecule has 0 aliphatic carbocycles. The number of carboxylic acids is 1. The Hall–Kier alpha value is -1.69. The molecule has 0 amide bonds. The van der Waals surface area contributed by atoms with E-state index < -0.39 is 17.5 Å². The van der Waals surface area contributed by atoms with E-state index >= 15 is 0 Å². The van der Waals surface area contributed by atoms with Crippen LogP contribution in [0.2, 0.25) is 0 Å². The third kappa shape index (κ3) is 4.36. The maximum atomic E-state index is 12.9. The van der Waals surface area contributed by atoms with E-state index in [2.05, 4.69) is 4.98 Å². The highest BCUT2D eigenvalue weighted by molar-refractivity contribution is 8.13. The molecule has 0 atom stereocenters. The smallest absolute Gasteiger partial charge is 0.340 e. The fourth-order valence-electron chi connectivity index (χ4n) is 1.06. The van der Waals surface area contributed by atoms with Gasteiger partial charge in [0.2, 0.25) is 5.95 Å². The largest absolute Gasteiger partial charge is 0.478 e. The van der Waals surface area contributed by atoms with E-state index in [1.54, 1.807) is 12.2 Å². The van der Waals surface area contributed by atoms with Gasteiger partial charge in [-0.25, -0.2) is 9.78 Å². The van der Waals surface area contributed by atoms with Gasteiger partial charge >= 0.3 is 5.97 Å². The molecule has 4 nitrogen and oxygen atoms in total. The third-order valence-corrected chi connectivity index (χ3v) is 2.55. The average molecular weight is 255 g/mol. The summed E-state index contributed by atoms with van der Waals surface area (Å²) in [4.78, 5) is 24.6. The van der Waals surface area contributed by atoms with Crippen LogP contribution in [0.1, 0.15) is 22.8 Å². The van der Waals surface area contributed by atoms with Crippen LogP contribution in [-0.2, 0) is 4.79 Å². The lowest BCUT2D eigenvalue weighted by atomic mass is 10.2. The van der Waals surface area contributed by atoms with Crippen LogP contribution in [0.15, 0.2) is 18.3 Å². The standard InChI is InChI=1S/C11H10FNO3S/c1-7(14)17-4-2-3-8-5-9(11(15)16)10(12)13-6-8/h2-3,5-6H,4H2,1H3,(H,15,16). The van der Waals surface area contributed by atoms with Crippen molar-refractivity contribution in [3.05, 3.63) is 35.4 Å². The summed E-state index contributed by atoms with van der Waals surface area (Å²) in [6.07, 6.45) is 4.51. The Morgan fingerprint density at radius 2 is 2.29 bits per heavy atom. The second-order valence-electron chi connectivity index (χ2n) is 3.12. The van der Waals surface area contributed by atoms with Gasteiger partial charge in [-0.1, -0.05) is 23.9 Å². The van der Waals surface area contributed by atoms with Crippen molar-refractivity contribution in [2.75, 3.05) is 5.75 Å². The molecule has 17 heavy (non-hydrogen) atoms. The Kier molecular flexibility index (Phi) is 4.84. The SMILES string of the molecule is CC(=O)SCC=Cc1cnc(F)c(C(=O)O)c1. The van der Waals surface area contributed by atoms with E-state index in [0.717, 1.165) is 11.8 Å². The van der Waals surface area contributed by atoms with Gasteiger partial charge < -0.3 is 5.11 Å². The second-order valence-corrected chi connectivity index (χ2v) is 4.31. The minimum Gasteiger partial charge on any atom is -0.478 e. The number of carbonyl (C=O) groups excluding carboxylic acids is 1. The molecule has 0 fully saturated rings. The van der Waals surface area contributed by atoms with Crippen molar-refractivity contribution in [3.8, 4) is 0 Å². The molecule has 0 spiro atoms. The second kappa shape index (κ2) is 6.15. The number of rotatable bonds is 4. The van der Waals surface area contributed by atoms with Crippen molar-refractivity contribution >= 4 is 28.9 Å². The van der Waals surface area contributed by atoms with Crippen LogP contribution >= 0.6 is 11.8 Å². The maximum Gasteiger partial charge on any atom is 0.340 e. The number of pyridine rings is 1. The first-order valence-corrected chi connectivity index (χ1v) is 5.68. The number of halogens is 1. The van der Waals surface area contributed by atoms with Crippen LogP contribution in [-0.4, -0.2) is 26.9 Å². The zero-order valence-corrected chi connectivity index (χ0v) is 9.83. The van der Waals surface area contributed by atoms with Crippen LogP contribution in [0.5, 0.6) is 0 Å². The summed E-state index contributed by atoms with van der Waals surface area (Å²) < 4.78 is 12.9. The monoisotopic (exact) mass is 255 g/mol. The van der Waals surface area contributed by atoms with Crippen molar-refractivity contribution in [1.82, 2.24) is 4.98 Å². The topological polar surface area (TPSA) is 67.3 Å². The van der Waals surface area contributed by atoms with Crippen LogP contribution in [0, 0.1) is 5.95 Å². The van der Waals surface area contributed by atoms with Gasteiger partial charge in [0.25, 0.3) is 0 Å². The van der Waals surface area contributed by atoms with Gasteiger partial charge in [-0.3, -0.25) is 4.79 Å². The zero-order valence-electron chi connectivity index (χ0n) is 9.01. The minimum absolute atomic E-state index is 0.00175. The fourth-order valence-corrected chi connectivity index (χ4v) is 1.48. The minimum atomic E-state index is -1.36. The molecule has 0 aliphatic heterocycles. The molecular formula is C11H10FNO3S. The summed E-state index contributed by atoms with van der Waals surface area (Å²) in [6, 6.07) is 1.19. The van der Waals surface area contributed by atoms with E-state index in [-0.39, 0.29) is 5.12 Å². The molecule has 1 aromatic rings. The highest BCUT2D eigenvalue weighted by atomic mass is 32.2. The average Bonchev–Trinajstić information content (AvgIpc) is 2.25. The predicted molar refractivity (Wildman–Crippen MR) is 63.3 cm³/mol. The highest BCUT2D eigenvalue weighted by Crippen LogP contribution is 2.10. The number of carbonyl (C=O) groups is 2. The Balaban J connectivity index is 2.75. The summed E-state index contributed by atoms with van der Waals surface area (Å²) in [6.45, 7) is 1.46. The number of hydrogen-bond donors (Lipinski definition) is 1. The maximum absolute atomic E-state index is 12.9. The lowest BCUT2D eigenvalue weighted by Gasteiger charge is -1.98. The molecule has 1 rings (SSSR count). The normalized spacial score (nSPS) is 10.7. The third-order valence-electron chi connectivity index (χ3n) is 1.78. The summed E-state index contributed by atoms with van der Waals surface area (Å²) in [5.74, 6) is -1.88. The highest BCUT2D eigenvalue weighted by Gasteiger charge is 2.11. The summed E-state index contributed by atoms with van der Waals surface area (Å²) in [5, 5.41) is 8.68. The van der Waals surface area contributed by atoms with Gasteiger partial charge in [0.1, 0.15) is 5.56 Å². The molecule has 0 unspecified atom stereocenters. The van der Waals surface area contributed by atoms with E-state index in [4.69, 9.17) is 5.11 Å². The lowest BCUT2D eigenvalue weighted by Crippen LogP contribution is -2.02. The Bertz CT molecular complexity index is 474. The summed E-state index contributed by atoms with van der Waals surface area (Å²) in [7, 11) is 0. The van der Waals surface area contributed by atoms with Crippen LogP contribution in [0.3, 0.4) is 0 Å². The van der Waals surface area contributed by atoms with E-state index in [0.29, 0.717) is 11.3 Å². The number of aromatic nitrogens is 1. The number of thioether (sulfide) groups is 1. The molecule has 0 saturated carbocycles. The van der Waals surface area contributed by atoms with Crippen LogP contribution < -0.4 is 0 Å². The van der Waals surface area contributed by atoms with Crippen molar-refractivity contribution in [2.24, 2.45) is 0 Å². The molecule has 1 aromatic heterocycles.